The van der Waals surface area contributed by atoms with Crippen molar-refractivity contribution in [2.75, 3.05) is 12.4 Å². The Kier molecular flexibility index (Phi) is 3.62. The lowest BCUT2D eigenvalue weighted by molar-refractivity contribution is -0.139. The van der Waals surface area contributed by atoms with Crippen molar-refractivity contribution in [1.82, 2.24) is 10.2 Å². The van der Waals surface area contributed by atoms with E-state index < -0.39 is 6.04 Å². The first-order valence-electron chi connectivity index (χ1n) is 7.80. The third-order valence-corrected chi connectivity index (χ3v) is 4.94. The molecule has 6 nitrogen and oxygen atoms in total. The van der Waals surface area contributed by atoms with Crippen LogP contribution in [0.25, 0.3) is 0 Å². The van der Waals surface area contributed by atoms with E-state index in [-0.39, 0.29) is 71.4 Å². The number of hydrogen-bond donors (Lipinski definition) is 2. The Balaban J connectivity index is -0.00000000862. The molecule has 3 rings (SSSR count). The van der Waals surface area contributed by atoms with Crippen LogP contribution in [-0.2, 0) is 16.1 Å². The Morgan fingerprint density at radius 1 is 1.30 bits per heavy atom. The topological polar surface area (TPSA) is 78.5 Å². The van der Waals surface area contributed by atoms with Crippen LogP contribution in [-0.4, -0.2) is 35.7 Å². The molecule has 1 saturated heterocycles. The first kappa shape index (κ1) is 15.5. The molecule has 6 heteroatoms. The molecule has 0 aliphatic carbocycles. The number of carbonyl (C=O) groups is 3. The highest BCUT2D eigenvalue weighted by Gasteiger charge is 2.43. The van der Waals surface area contributed by atoms with Crippen LogP contribution in [0.3, 0.4) is 0 Å². The van der Waals surface area contributed by atoms with Crippen LogP contribution in [0.1, 0.15) is 81.8 Å². The van der Waals surface area contributed by atoms with Crippen LogP contribution in [0, 0.1) is 19.8 Å². The molecule has 2 aliphatic rings. The van der Waals surface area contributed by atoms with Crippen molar-refractivity contribution in [1.29, 1.82) is 0 Å². The summed E-state index contributed by atoms with van der Waals surface area (Å²) in [6.45, 7) is 6.22. The Morgan fingerprint density at radius 3 is 2.61 bits per heavy atom. The number of rotatable bonds is 2. The molecule has 1 fully saturated rings. The maximum atomic E-state index is 12.8. The summed E-state index contributed by atoms with van der Waals surface area (Å²) in [5.74, 6) is -0.976. The van der Waals surface area contributed by atoms with Crippen LogP contribution in [0.5, 0.6) is 0 Å². The van der Waals surface area contributed by atoms with E-state index in [0.717, 1.165) is 22.4 Å². The van der Waals surface area contributed by atoms with E-state index >= 15 is 0 Å². The quantitative estimate of drug-likeness (QED) is 0.509. The SMILES string of the molecule is CNc1c(C)c(C)cc2c1CN(C1C(=O)NC(=O)CC1C)C2=O.[HH].[HH].[HH].[HH].[HH].[HH].[HH].[HH].[HH].[HH].[HH].[HH].[HH].[HH].[HH].[HH].[HH].[HH].[HH].[HH].[HH].[HH].[HH].[HH].[HH].[HH].[HH].[HH].[HH]. The second-order valence-corrected chi connectivity index (χ2v) is 6.44. The molecule has 0 bridgehead atoms. The van der Waals surface area contributed by atoms with Crippen LogP contribution in [0.2, 0.25) is 0 Å². The lowest BCUT2D eigenvalue weighted by Crippen LogP contribution is -2.56. The zero-order chi connectivity index (χ0) is 16.9. The number of fused-ring (bicyclic) bond motifs is 1. The van der Waals surface area contributed by atoms with Gasteiger partial charge in [0.25, 0.3) is 5.91 Å². The van der Waals surface area contributed by atoms with E-state index in [1.165, 1.54) is 0 Å². The molecule has 2 atom stereocenters. The number of nitrogens with one attached hydrogen (secondary N) is 2. The molecule has 2 N–H and O–H groups in total. The van der Waals surface area contributed by atoms with Gasteiger partial charge in [-0.3, -0.25) is 19.7 Å². The van der Waals surface area contributed by atoms with Crippen molar-refractivity contribution < 1.29 is 55.8 Å². The van der Waals surface area contributed by atoms with Gasteiger partial charge >= 0.3 is 0 Å². The predicted molar refractivity (Wildman–Crippen MR) is 147 cm³/mol. The van der Waals surface area contributed by atoms with E-state index in [1.54, 1.807) is 4.90 Å². The molecule has 0 saturated carbocycles. The first-order chi connectivity index (χ1) is 10.8. The number of piperidine rings is 1. The molecule has 1 aromatic rings. The van der Waals surface area contributed by atoms with Gasteiger partial charge < -0.3 is 10.2 Å². The smallest absolute Gasteiger partial charge is 0.255 e. The van der Waals surface area contributed by atoms with Gasteiger partial charge in [0, 0.05) is 78.2 Å². The molecular formula is C17H79N3O3. The Hall–Kier alpha value is -2.37. The minimum absolute atomic E-state index is 0. The van der Waals surface area contributed by atoms with Crippen LogP contribution < -0.4 is 10.6 Å². The lowest BCUT2D eigenvalue weighted by Gasteiger charge is -2.34. The fourth-order valence-corrected chi connectivity index (χ4v) is 3.66. The highest BCUT2D eigenvalue weighted by Crippen LogP contribution is 2.36. The van der Waals surface area contributed by atoms with Gasteiger partial charge in [-0.1, -0.05) is 6.92 Å². The average molecular weight is 374 g/mol. The maximum absolute atomic E-state index is 12.8. The molecule has 180 valence electrons. The second kappa shape index (κ2) is 5.37. The summed E-state index contributed by atoms with van der Waals surface area (Å²) in [5.41, 5.74) is 4.68. The molecule has 2 unspecified atom stereocenters. The van der Waals surface area contributed by atoms with Gasteiger partial charge in [0.15, 0.2) is 0 Å². The largest absolute Gasteiger partial charge is 0.388 e. The molecule has 0 spiro atoms. The summed E-state index contributed by atoms with van der Waals surface area (Å²) >= 11 is 0. The van der Waals surface area contributed by atoms with E-state index in [1.807, 2.05) is 33.9 Å². The Morgan fingerprint density at radius 2 is 2.00 bits per heavy atom. The van der Waals surface area contributed by atoms with Gasteiger partial charge in [-0.2, -0.15) is 0 Å². The van der Waals surface area contributed by atoms with Gasteiger partial charge in [0.2, 0.25) is 11.8 Å². The van der Waals surface area contributed by atoms with E-state index in [9.17, 15) is 14.4 Å². The predicted octanol–water partition coefficient (Wildman–Crippen LogP) is 8.49. The molecule has 2 heterocycles. The number of nitrogens with zero attached hydrogens (tertiary/aromatic N) is 1. The fourth-order valence-electron chi connectivity index (χ4n) is 3.66. The molecule has 23 heavy (non-hydrogen) atoms. The van der Waals surface area contributed by atoms with Gasteiger partial charge in [-0.05, 0) is 37.0 Å². The summed E-state index contributed by atoms with van der Waals surface area (Å²) in [5, 5.41) is 5.52. The Bertz CT molecular complexity index is 778. The van der Waals surface area contributed by atoms with Crippen LogP contribution >= 0.6 is 0 Å². The molecule has 2 aliphatic heterocycles. The van der Waals surface area contributed by atoms with Crippen LogP contribution in [0.4, 0.5) is 5.69 Å². The number of anilines is 1. The van der Waals surface area contributed by atoms with E-state index in [4.69, 9.17) is 0 Å². The summed E-state index contributed by atoms with van der Waals surface area (Å²) in [6.07, 6.45) is 0.257. The van der Waals surface area contributed by atoms with Crippen molar-refractivity contribution in [3.8, 4) is 0 Å². The zero-order valence-corrected chi connectivity index (χ0v) is 13.8. The molecule has 0 aromatic heterocycles. The summed E-state index contributed by atoms with van der Waals surface area (Å²) in [6, 6.07) is 1.29. The van der Waals surface area contributed by atoms with E-state index in [2.05, 4.69) is 10.6 Å². The lowest BCUT2D eigenvalue weighted by atomic mass is 9.92. The highest BCUT2D eigenvalue weighted by molar-refractivity contribution is 6.06. The van der Waals surface area contributed by atoms with Crippen molar-refractivity contribution >= 4 is 23.4 Å². The second-order valence-electron chi connectivity index (χ2n) is 6.44. The number of hydrogen-bond acceptors (Lipinski definition) is 4. The van der Waals surface area contributed by atoms with Crippen LogP contribution in [0.15, 0.2) is 6.07 Å². The number of imide groups is 1. The molecule has 0 radical (unpaired) electrons. The average Bonchev–Trinajstić information content (AvgIpc) is 2.77. The third kappa shape index (κ3) is 2.29. The third-order valence-electron chi connectivity index (χ3n) is 4.94. The van der Waals surface area contributed by atoms with Crippen molar-refractivity contribution in [2.45, 2.75) is 39.8 Å². The minimum Gasteiger partial charge on any atom is -0.388 e. The number of aryl methyl sites for hydroxylation is 1. The normalized spacial score (nSPS) is 23.8. The summed E-state index contributed by atoms with van der Waals surface area (Å²) in [7, 11) is 1.84. The highest BCUT2D eigenvalue weighted by atomic mass is 16.2. The first-order valence-corrected chi connectivity index (χ1v) is 7.80. The van der Waals surface area contributed by atoms with Gasteiger partial charge in [0.1, 0.15) is 6.04 Å². The molecular weight excluding hydrogens is 294 g/mol. The van der Waals surface area contributed by atoms with Gasteiger partial charge in [-0.25, -0.2) is 0 Å². The fraction of sp³-hybridized carbons (Fsp3) is 0.471. The monoisotopic (exact) mass is 374 g/mol. The van der Waals surface area contributed by atoms with Gasteiger partial charge in [0.05, 0.1) is 0 Å². The van der Waals surface area contributed by atoms with E-state index in [0.29, 0.717) is 12.1 Å². The zero-order valence-electron chi connectivity index (χ0n) is 13.8. The summed E-state index contributed by atoms with van der Waals surface area (Å²) in [4.78, 5) is 38.2. The molecule has 1 aromatic carbocycles. The maximum Gasteiger partial charge on any atom is 0.255 e. The van der Waals surface area contributed by atoms with Crippen molar-refractivity contribution in [2.24, 2.45) is 5.92 Å². The number of carbonyl (C=O) groups excluding carboxylic acids is 3. The summed E-state index contributed by atoms with van der Waals surface area (Å²) < 4.78 is 0. The standard InChI is InChI=1S/C17H21N3O3.29H2/c1-8-5-11-12(14(18-4)10(8)3)7-20(17(11)23)15-9(2)6-13(21)19-16(15)22;;;;;;;;;;;;;;;;;;;;;;;;;;;;;/h5,9,15,18H,6-7H2,1-4H3,(H,19,21,22);29*1H. The Labute approximate surface area is 178 Å². The molecule has 3 amide bonds. The van der Waals surface area contributed by atoms with Crippen molar-refractivity contribution in [3.63, 3.8) is 0 Å². The number of benzene rings is 1. The van der Waals surface area contributed by atoms with Gasteiger partial charge in [-0.15, -0.1) is 0 Å². The van der Waals surface area contributed by atoms with Crippen molar-refractivity contribution in [3.05, 3.63) is 28.3 Å². The number of amides is 3. The minimum atomic E-state index is -0.599.